The van der Waals surface area contributed by atoms with Gasteiger partial charge in [-0.25, -0.2) is 24.3 Å². The molecular formula is C25H30FN9O2. The van der Waals surface area contributed by atoms with Crippen molar-refractivity contribution < 1.29 is 13.9 Å². The first-order valence-electron chi connectivity index (χ1n) is 11.8. The summed E-state index contributed by atoms with van der Waals surface area (Å²) in [4.78, 5) is 30.1. The molecule has 0 radical (unpaired) electrons. The van der Waals surface area contributed by atoms with Crippen molar-refractivity contribution in [3.8, 4) is 0 Å². The van der Waals surface area contributed by atoms with Crippen LogP contribution in [0.25, 0.3) is 11.0 Å². The molecule has 2 aromatic heterocycles. The number of carbonyl (C=O) groups is 1. The SMILES string of the molecule is CN/C(=C\C(=N)C(C)(C)C)NC(=O)c1ccc(F)c(Nc2ncnc3cnc(NC4CCOC4)nc23)c1. The number of amides is 1. The van der Waals surface area contributed by atoms with Crippen LogP contribution in [0.2, 0.25) is 0 Å². The van der Waals surface area contributed by atoms with Gasteiger partial charge in [-0.1, -0.05) is 20.8 Å². The van der Waals surface area contributed by atoms with Crippen molar-refractivity contribution in [1.82, 2.24) is 30.6 Å². The first kappa shape index (κ1) is 25.9. The number of hydrogen-bond donors (Lipinski definition) is 5. The summed E-state index contributed by atoms with van der Waals surface area (Å²) in [6, 6.07) is 4.07. The van der Waals surface area contributed by atoms with Crippen molar-refractivity contribution in [2.75, 3.05) is 30.9 Å². The lowest BCUT2D eigenvalue weighted by Crippen LogP contribution is -2.31. The van der Waals surface area contributed by atoms with Gasteiger partial charge in [-0.15, -0.1) is 0 Å². The number of ether oxygens (including phenoxy) is 1. The van der Waals surface area contributed by atoms with Gasteiger partial charge in [0.15, 0.2) is 5.82 Å². The van der Waals surface area contributed by atoms with E-state index in [0.717, 1.165) is 6.42 Å². The summed E-state index contributed by atoms with van der Waals surface area (Å²) < 4.78 is 20.1. The number of carbonyl (C=O) groups excluding carboxylic acids is 1. The number of hydrogen-bond acceptors (Lipinski definition) is 10. The second kappa shape index (κ2) is 10.8. The van der Waals surface area contributed by atoms with Gasteiger partial charge in [0.05, 0.1) is 24.5 Å². The fraction of sp³-hybridized carbons (Fsp3) is 0.360. The lowest BCUT2D eigenvalue weighted by molar-refractivity contribution is 0.0963. The summed E-state index contributed by atoms with van der Waals surface area (Å²) in [5.41, 5.74) is 1.08. The van der Waals surface area contributed by atoms with Gasteiger partial charge in [0, 0.05) is 30.3 Å². The summed E-state index contributed by atoms with van der Waals surface area (Å²) in [5, 5.41) is 20.0. The van der Waals surface area contributed by atoms with E-state index in [1.165, 1.54) is 24.5 Å². The van der Waals surface area contributed by atoms with Gasteiger partial charge in [-0.3, -0.25) is 4.79 Å². The number of fused-ring (bicyclic) bond motifs is 1. The van der Waals surface area contributed by atoms with E-state index in [0.29, 0.717) is 41.7 Å². The molecule has 1 amide bonds. The fourth-order valence-corrected chi connectivity index (χ4v) is 3.46. The lowest BCUT2D eigenvalue weighted by atomic mass is 9.90. The number of benzene rings is 1. The Bertz CT molecular complexity index is 1350. The van der Waals surface area contributed by atoms with Crippen molar-refractivity contribution in [2.45, 2.75) is 33.2 Å². The van der Waals surface area contributed by atoms with Gasteiger partial charge in [-0.2, -0.15) is 0 Å². The molecule has 0 aliphatic carbocycles. The Morgan fingerprint density at radius 2 is 2.05 bits per heavy atom. The number of rotatable bonds is 8. The van der Waals surface area contributed by atoms with Crippen molar-refractivity contribution in [3.63, 3.8) is 0 Å². The number of anilines is 3. The summed E-state index contributed by atoms with van der Waals surface area (Å²) in [5.74, 6) is -0.0242. The molecular weight excluding hydrogens is 477 g/mol. The van der Waals surface area contributed by atoms with Crippen LogP contribution in [0.15, 0.2) is 42.6 Å². The Morgan fingerprint density at radius 3 is 2.76 bits per heavy atom. The zero-order valence-corrected chi connectivity index (χ0v) is 21.1. The molecule has 1 fully saturated rings. The molecule has 1 aliphatic heterocycles. The van der Waals surface area contributed by atoms with Gasteiger partial charge < -0.3 is 31.4 Å². The van der Waals surface area contributed by atoms with Gasteiger partial charge in [0.25, 0.3) is 5.91 Å². The Kier molecular flexibility index (Phi) is 7.58. The minimum atomic E-state index is -0.572. The maximum Gasteiger partial charge on any atom is 0.256 e. The maximum absolute atomic E-state index is 14.8. The van der Waals surface area contributed by atoms with E-state index >= 15 is 0 Å². The van der Waals surface area contributed by atoms with Crippen LogP contribution in [-0.4, -0.2) is 57.9 Å². The largest absolute Gasteiger partial charge is 0.379 e. The normalized spacial score (nSPS) is 15.9. The molecule has 0 saturated carbocycles. The Morgan fingerprint density at radius 1 is 1.24 bits per heavy atom. The maximum atomic E-state index is 14.8. The average molecular weight is 508 g/mol. The van der Waals surface area contributed by atoms with Crippen LogP contribution >= 0.6 is 0 Å². The molecule has 1 unspecified atom stereocenters. The Balaban J connectivity index is 1.57. The molecule has 1 atom stereocenters. The quantitative estimate of drug-likeness (QED) is 0.289. The highest BCUT2D eigenvalue weighted by Crippen LogP contribution is 2.25. The van der Waals surface area contributed by atoms with E-state index in [1.807, 2.05) is 20.8 Å². The predicted molar refractivity (Wildman–Crippen MR) is 139 cm³/mol. The average Bonchev–Trinajstić information content (AvgIpc) is 3.37. The molecule has 1 aliphatic rings. The van der Waals surface area contributed by atoms with E-state index in [2.05, 4.69) is 41.2 Å². The third-order valence-corrected chi connectivity index (χ3v) is 5.74. The van der Waals surface area contributed by atoms with E-state index < -0.39 is 11.7 Å². The zero-order chi connectivity index (χ0) is 26.6. The van der Waals surface area contributed by atoms with E-state index in [1.54, 1.807) is 19.3 Å². The van der Waals surface area contributed by atoms with Gasteiger partial charge >= 0.3 is 0 Å². The fourth-order valence-electron chi connectivity index (χ4n) is 3.46. The summed E-state index contributed by atoms with van der Waals surface area (Å²) in [6.45, 7) is 6.96. The van der Waals surface area contributed by atoms with Gasteiger partial charge in [-0.05, 0) is 30.7 Å². The number of nitrogens with one attached hydrogen (secondary N) is 5. The molecule has 12 heteroatoms. The third-order valence-electron chi connectivity index (χ3n) is 5.74. The Hall–Kier alpha value is -4.19. The summed E-state index contributed by atoms with van der Waals surface area (Å²) in [7, 11) is 1.64. The predicted octanol–water partition coefficient (Wildman–Crippen LogP) is 3.36. The number of aromatic nitrogens is 4. The van der Waals surface area contributed by atoms with Crippen LogP contribution in [0.5, 0.6) is 0 Å². The molecule has 5 N–H and O–H groups in total. The molecule has 37 heavy (non-hydrogen) atoms. The van der Waals surface area contributed by atoms with Crippen molar-refractivity contribution in [2.24, 2.45) is 5.41 Å². The minimum absolute atomic E-state index is 0.0439. The van der Waals surface area contributed by atoms with Crippen molar-refractivity contribution in [3.05, 3.63) is 54.0 Å². The third kappa shape index (κ3) is 6.33. The molecule has 0 spiro atoms. The number of allylic oxidation sites excluding steroid dienone is 1. The molecule has 1 aromatic carbocycles. The number of halogens is 1. The molecule has 1 saturated heterocycles. The highest BCUT2D eigenvalue weighted by Gasteiger charge is 2.19. The smallest absolute Gasteiger partial charge is 0.256 e. The second-order valence-electron chi connectivity index (χ2n) is 9.60. The van der Waals surface area contributed by atoms with Crippen molar-refractivity contribution >= 4 is 40.1 Å². The van der Waals surface area contributed by atoms with E-state index in [9.17, 15) is 9.18 Å². The monoisotopic (exact) mass is 507 g/mol. The minimum Gasteiger partial charge on any atom is -0.379 e. The molecule has 4 rings (SSSR count). The highest BCUT2D eigenvalue weighted by atomic mass is 19.1. The topological polar surface area (TPSA) is 150 Å². The van der Waals surface area contributed by atoms with Crippen LogP contribution in [0.1, 0.15) is 37.6 Å². The second-order valence-corrected chi connectivity index (χ2v) is 9.60. The first-order valence-corrected chi connectivity index (χ1v) is 11.8. The highest BCUT2D eigenvalue weighted by molar-refractivity contribution is 6.00. The number of nitrogens with zero attached hydrogens (tertiary/aromatic N) is 4. The molecule has 194 valence electrons. The molecule has 0 bridgehead atoms. The summed E-state index contributed by atoms with van der Waals surface area (Å²) >= 11 is 0. The Labute approximate surface area is 213 Å². The molecule has 11 nitrogen and oxygen atoms in total. The van der Waals surface area contributed by atoms with Gasteiger partial charge in [0.1, 0.15) is 29.0 Å². The molecule has 3 heterocycles. The molecule has 3 aromatic rings. The summed E-state index contributed by atoms with van der Waals surface area (Å²) in [6.07, 6.45) is 5.29. The lowest BCUT2D eigenvalue weighted by Gasteiger charge is -2.18. The standard InChI is InChI=1S/C25H30FN9O2/c1-25(2,3)19(27)10-20(28-4)34-23(36)14-5-6-16(26)17(9-14)33-22-21-18(30-13-31-22)11-29-24(35-21)32-15-7-8-37-12-15/h5-6,9-11,13,15,27-28H,7-8,12H2,1-4H3,(H,34,36)(H,29,32,35)(H,30,31,33)/b20-10+,27-19?. The van der Waals surface area contributed by atoms with Crippen molar-refractivity contribution in [1.29, 1.82) is 5.41 Å². The van der Waals surface area contributed by atoms with Crippen LogP contribution in [0.3, 0.4) is 0 Å². The van der Waals surface area contributed by atoms with Crippen LogP contribution in [0, 0.1) is 16.6 Å². The van der Waals surface area contributed by atoms with Crippen LogP contribution in [-0.2, 0) is 4.74 Å². The van der Waals surface area contributed by atoms with E-state index in [4.69, 9.17) is 10.1 Å². The van der Waals surface area contributed by atoms with Gasteiger partial charge in [0.2, 0.25) is 5.95 Å². The van der Waals surface area contributed by atoms with E-state index in [-0.39, 0.29) is 28.5 Å². The first-order chi connectivity index (χ1) is 17.6. The van der Waals surface area contributed by atoms with Crippen LogP contribution < -0.4 is 21.3 Å². The zero-order valence-electron chi connectivity index (χ0n) is 21.1. The van der Waals surface area contributed by atoms with Crippen LogP contribution in [0.4, 0.5) is 21.8 Å².